The highest BCUT2D eigenvalue weighted by Crippen LogP contribution is 2.40. The molecule has 2 rings (SSSR count). The highest BCUT2D eigenvalue weighted by molar-refractivity contribution is 7.95. The molecule has 5 nitrogen and oxygen atoms in total. The maximum atomic E-state index is 10.5. The summed E-state index contributed by atoms with van der Waals surface area (Å²) in [6.07, 6.45) is 4.13. The molecular weight excluding hydrogens is 214 g/mol. The molecule has 0 aromatic carbocycles. The average molecular weight is 225 g/mol. The van der Waals surface area contributed by atoms with Crippen molar-refractivity contribution >= 4 is 24.1 Å². The van der Waals surface area contributed by atoms with Crippen LogP contribution < -0.4 is 10.8 Å². The van der Waals surface area contributed by atoms with E-state index < -0.39 is 5.54 Å². The zero-order chi connectivity index (χ0) is 10.9. The highest BCUT2D eigenvalue weighted by atomic mass is 32.2. The Labute approximate surface area is 91.8 Å². The third kappa shape index (κ3) is 1.78. The van der Waals surface area contributed by atoms with Gasteiger partial charge in [0, 0.05) is 18.0 Å². The minimum Gasteiger partial charge on any atom is -0.350 e. The Hall–Kier alpha value is -1.27. The summed E-state index contributed by atoms with van der Waals surface area (Å²) in [6, 6.07) is 0. The highest BCUT2D eigenvalue weighted by Gasteiger charge is 2.27. The molecule has 0 bridgehead atoms. The minimum atomic E-state index is -0.471. The van der Waals surface area contributed by atoms with Gasteiger partial charge in [0.1, 0.15) is 0 Å². The van der Waals surface area contributed by atoms with E-state index in [9.17, 15) is 4.79 Å². The Balaban J connectivity index is 2.44. The van der Waals surface area contributed by atoms with Crippen LogP contribution >= 0.6 is 12.0 Å². The van der Waals surface area contributed by atoms with E-state index in [1.807, 2.05) is 13.8 Å². The van der Waals surface area contributed by atoms with Gasteiger partial charge in [-0.05, 0) is 13.8 Å². The number of nitrogens with one attached hydrogen (secondary N) is 2. The molecule has 80 valence electrons. The number of amides is 1. The number of hydrogen-bond acceptors (Lipinski definition) is 5. The van der Waals surface area contributed by atoms with Crippen molar-refractivity contribution in [3.8, 4) is 0 Å². The molecule has 0 fully saturated rings. The van der Waals surface area contributed by atoms with Crippen LogP contribution in [0.25, 0.3) is 0 Å². The van der Waals surface area contributed by atoms with Gasteiger partial charge in [0.25, 0.3) is 0 Å². The Morgan fingerprint density at radius 1 is 1.60 bits per heavy atom. The number of fused-ring (bicyclic) bond motifs is 1. The van der Waals surface area contributed by atoms with Gasteiger partial charge in [0.2, 0.25) is 6.41 Å². The van der Waals surface area contributed by atoms with E-state index in [2.05, 4.69) is 15.8 Å². The Bertz CT molecular complexity index is 395. The smallest absolute Gasteiger partial charge is 0.207 e. The summed E-state index contributed by atoms with van der Waals surface area (Å²) >= 11 is 1.23. The number of pyridine rings is 1. The second-order valence-corrected chi connectivity index (χ2v) is 4.49. The van der Waals surface area contributed by atoms with Crippen LogP contribution in [0.4, 0.5) is 5.69 Å². The maximum Gasteiger partial charge on any atom is 0.207 e. The molecule has 0 unspecified atom stereocenters. The van der Waals surface area contributed by atoms with Crippen molar-refractivity contribution in [3.63, 3.8) is 0 Å². The number of carbonyl (C=O) groups excluding carboxylic acids is 1. The van der Waals surface area contributed by atoms with Crippen LogP contribution in [0.5, 0.6) is 0 Å². The predicted octanol–water partition coefficient (Wildman–Crippen LogP) is 1.43. The quantitative estimate of drug-likeness (QED) is 0.602. The van der Waals surface area contributed by atoms with E-state index in [0.29, 0.717) is 6.41 Å². The molecular formula is C9H11N3O2S. The van der Waals surface area contributed by atoms with Gasteiger partial charge >= 0.3 is 0 Å². The molecule has 15 heavy (non-hydrogen) atoms. The molecule has 0 saturated carbocycles. The van der Waals surface area contributed by atoms with Crippen LogP contribution in [0.15, 0.2) is 17.3 Å². The summed E-state index contributed by atoms with van der Waals surface area (Å²) in [5.74, 6) is 0. The summed E-state index contributed by atoms with van der Waals surface area (Å²) in [6.45, 7) is 3.81. The Morgan fingerprint density at radius 3 is 3.13 bits per heavy atom. The summed E-state index contributed by atoms with van der Waals surface area (Å²) in [4.78, 5) is 15.5. The predicted molar refractivity (Wildman–Crippen MR) is 57.0 cm³/mol. The topological polar surface area (TPSA) is 63.2 Å². The largest absolute Gasteiger partial charge is 0.350 e. The molecule has 0 radical (unpaired) electrons. The van der Waals surface area contributed by atoms with Crippen LogP contribution in [0, 0.1) is 0 Å². The van der Waals surface area contributed by atoms with Crippen LogP contribution in [-0.4, -0.2) is 11.4 Å². The van der Waals surface area contributed by atoms with E-state index >= 15 is 0 Å². The van der Waals surface area contributed by atoms with Gasteiger partial charge in [0.15, 0.2) is 0 Å². The Kier molecular flexibility index (Phi) is 2.54. The first-order chi connectivity index (χ1) is 7.15. The summed E-state index contributed by atoms with van der Waals surface area (Å²) in [5, 5.41) is 2.74. The van der Waals surface area contributed by atoms with Crippen molar-refractivity contribution in [3.05, 3.63) is 18.0 Å². The Morgan fingerprint density at radius 2 is 2.40 bits per heavy atom. The van der Waals surface area contributed by atoms with Gasteiger partial charge in [-0.2, -0.15) is 4.28 Å². The molecule has 0 aliphatic carbocycles. The lowest BCUT2D eigenvalue weighted by Crippen LogP contribution is -2.36. The minimum absolute atomic E-state index is 0.471. The normalized spacial score (nSPS) is 14.3. The first-order valence-corrected chi connectivity index (χ1v) is 5.18. The first kappa shape index (κ1) is 10.3. The van der Waals surface area contributed by atoms with E-state index in [-0.39, 0.29) is 0 Å². The van der Waals surface area contributed by atoms with Crippen molar-refractivity contribution in [1.29, 1.82) is 0 Å². The van der Waals surface area contributed by atoms with Gasteiger partial charge in [-0.3, -0.25) is 15.3 Å². The summed E-state index contributed by atoms with van der Waals surface area (Å²) in [5.41, 5.74) is 4.10. The molecule has 2 heterocycles. The van der Waals surface area contributed by atoms with Gasteiger partial charge in [-0.25, -0.2) is 0 Å². The molecule has 1 aromatic heterocycles. The standard InChI is InChI=1S/C9H11N3O2S/c1-9(2,11-5-13)6-3-10-4-7-8(6)12-14-15-7/h3-5,12H,1-2H3,(H,11,13). The van der Waals surface area contributed by atoms with Crippen molar-refractivity contribution < 1.29 is 9.08 Å². The lowest BCUT2D eigenvalue weighted by Gasteiger charge is -2.25. The third-order valence-corrected chi connectivity index (χ3v) is 2.94. The molecule has 6 heteroatoms. The number of carbonyl (C=O) groups is 1. The fraction of sp³-hybridized carbons (Fsp3) is 0.333. The molecule has 1 aliphatic rings. The van der Waals surface area contributed by atoms with Crippen molar-refractivity contribution in [1.82, 2.24) is 10.3 Å². The molecule has 0 saturated heterocycles. The lowest BCUT2D eigenvalue weighted by atomic mass is 9.95. The number of nitrogens with zero attached hydrogens (tertiary/aromatic N) is 1. The van der Waals surface area contributed by atoms with E-state index in [4.69, 9.17) is 4.28 Å². The van der Waals surface area contributed by atoms with Crippen molar-refractivity contribution in [2.45, 2.75) is 24.3 Å². The molecule has 2 N–H and O–H groups in total. The maximum absolute atomic E-state index is 10.5. The monoisotopic (exact) mass is 225 g/mol. The van der Waals surface area contributed by atoms with Gasteiger partial charge in [-0.1, -0.05) is 0 Å². The van der Waals surface area contributed by atoms with E-state index in [1.54, 1.807) is 12.4 Å². The van der Waals surface area contributed by atoms with Gasteiger partial charge < -0.3 is 5.32 Å². The fourth-order valence-electron chi connectivity index (χ4n) is 1.42. The molecule has 0 spiro atoms. The van der Waals surface area contributed by atoms with Crippen LogP contribution in [0.3, 0.4) is 0 Å². The third-order valence-electron chi connectivity index (χ3n) is 2.28. The number of aromatic nitrogens is 1. The SMILES string of the molecule is CC(C)(NC=O)c1cncc2c1NOS2. The molecule has 1 aromatic rings. The van der Waals surface area contributed by atoms with Crippen LogP contribution in [0.1, 0.15) is 19.4 Å². The van der Waals surface area contributed by atoms with Crippen molar-refractivity contribution in [2.24, 2.45) is 0 Å². The van der Waals surface area contributed by atoms with Gasteiger partial charge in [0.05, 0.1) is 28.2 Å². The van der Waals surface area contributed by atoms with Crippen LogP contribution in [-0.2, 0) is 14.6 Å². The fourth-order valence-corrected chi connectivity index (χ4v) is 1.97. The molecule has 0 atom stereocenters. The number of hydrogen-bond donors (Lipinski definition) is 2. The summed E-state index contributed by atoms with van der Waals surface area (Å²) in [7, 11) is 0. The zero-order valence-corrected chi connectivity index (χ0v) is 9.22. The van der Waals surface area contributed by atoms with E-state index in [0.717, 1.165) is 16.1 Å². The number of anilines is 1. The summed E-state index contributed by atoms with van der Waals surface area (Å²) < 4.78 is 5.04. The van der Waals surface area contributed by atoms with Crippen molar-refractivity contribution in [2.75, 3.05) is 5.48 Å². The second-order valence-electron chi connectivity index (χ2n) is 3.72. The average Bonchev–Trinajstić information content (AvgIpc) is 2.64. The zero-order valence-electron chi connectivity index (χ0n) is 8.40. The first-order valence-electron chi connectivity index (χ1n) is 4.44. The van der Waals surface area contributed by atoms with E-state index in [1.165, 1.54) is 12.0 Å². The lowest BCUT2D eigenvalue weighted by molar-refractivity contribution is -0.111. The second kappa shape index (κ2) is 3.71. The van der Waals surface area contributed by atoms with Crippen LogP contribution in [0.2, 0.25) is 0 Å². The molecule has 1 aliphatic heterocycles. The van der Waals surface area contributed by atoms with Gasteiger partial charge in [-0.15, -0.1) is 0 Å². The number of rotatable bonds is 3. The molecule has 1 amide bonds.